The van der Waals surface area contributed by atoms with Gasteiger partial charge in [-0.1, -0.05) is 0 Å². The molecule has 0 aliphatic carbocycles. The first-order valence-electron chi connectivity index (χ1n) is 11.1. The lowest BCUT2D eigenvalue weighted by molar-refractivity contribution is 0.224. The number of hydrogen-bond acceptors (Lipinski definition) is 12. The van der Waals surface area contributed by atoms with Gasteiger partial charge in [0.15, 0.2) is 0 Å². The molecule has 4 unspecified atom stereocenters. The first kappa shape index (κ1) is 30.0. The van der Waals surface area contributed by atoms with Crippen LogP contribution in [-0.4, -0.2) is 123 Å². The summed E-state index contributed by atoms with van der Waals surface area (Å²) in [5.74, 6) is 15.9. The van der Waals surface area contributed by atoms with Crippen LogP contribution in [0.5, 0.6) is 0 Å². The van der Waals surface area contributed by atoms with Crippen LogP contribution in [0.15, 0.2) is 0 Å². The molecule has 0 aromatic rings. The maximum Gasteiger partial charge on any atom is 0.0720 e. The van der Waals surface area contributed by atoms with Crippen molar-refractivity contribution in [1.82, 2.24) is 0 Å². The predicted octanol–water partition coefficient (Wildman–Crippen LogP) is 5.47. The summed E-state index contributed by atoms with van der Waals surface area (Å²) in [4.78, 5) is 0. The minimum Gasteiger partial charge on any atom is -0.391 e. The molecule has 0 radical (unpaired) electrons. The molecule has 12 heteroatoms. The molecule has 3 rings (SSSR count). The Hall–Kier alpha value is 3.42. The summed E-state index contributed by atoms with van der Waals surface area (Å²) in [6, 6.07) is 0. The third-order valence-electron chi connectivity index (χ3n) is 4.73. The van der Waals surface area contributed by atoms with Crippen LogP contribution < -0.4 is 0 Å². The van der Waals surface area contributed by atoms with Crippen LogP contribution in [0.4, 0.5) is 0 Å². The van der Waals surface area contributed by atoms with Crippen molar-refractivity contribution in [2.45, 2.75) is 31.9 Å². The Bertz CT molecular complexity index is 439. The van der Waals surface area contributed by atoms with Crippen molar-refractivity contribution in [3.8, 4) is 0 Å². The highest BCUT2D eigenvalue weighted by molar-refractivity contribution is 8.21. The van der Waals surface area contributed by atoms with Crippen molar-refractivity contribution in [2.75, 3.05) is 80.5 Å². The van der Waals surface area contributed by atoms with E-state index >= 15 is 0 Å². The lowest BCUT2D eigenvalue weighted by Crippen LogP contribution is -2.27. The topological polar surface area (TPSA) is 40.5 Å². The van der Waals surface area contributed by atoms with E-state index in [0.717, 1.165) is 43.7 Å². The van der Waals surface area contributed by atoms with Crippen molar-refractivity contribution in [2.24, 2.45) is 0 Å². The van der Waals surface area contributed by atoms with E-state index in [9.17, 15) is 10.2 Å². The Balaban J connectivity index is 1.16. The number of aliphatic hydroxyl groups excluding tert-OH is 2. The third-order valence-corrected chi connectivity index (χ3v) is 20.1. The lowest BCUT2D eigenvalue weighted by atomic mass is 10.5. The van der Waals surface area contributed by atoms with Crippen molar-refractivity contribution >= 4 is 118 Å². The second-order valence-corrected chi connectivity index (χ2v) is 20.5. The molecule has 4 atom stereocenters. The van der Waals surface area contributed by atoms with Gasteiger partial charge >= 0.3 is 0 Å². The monoisotopic (exact) mass is 628 g/mol. The van der Waals surface area contributed by atoms with Crippen molar-refractivity contribution in [1.29, 1.82) is 0 Å². The molecule has 3 aliphatic rings. The smallest absolute Gasteiger partial charge is 0.0720 e. The molecule has 0 bridgehead atoms. The summed E-state index contributed by atoms with van der Waals surface area (Å²) in [7, 11) is 0. The lowest BCUT2D eigenvalue weighted by Gasteiger charge is -2.28. The molecule has 3 heterocycles. The summed E-state index contributed by atoms with van der Waals surface area (Å²) in [6.45, 7) is 0. The van der Waals surface area contributed by atoms with Gasteiger partial charge in [-0.3, -0.25) is 0 Å². The Kier molecular flexibility index (Phi) is 17.5. The van der Waals surface area contributed by atoms with E-state index in [2.05, 4.69) is 70.6 Å². The first-order chi connectivity index (χ1) is 15.7. The van der Waals surface area contributed by atoms with Gasteiger partial charge in [-0.05, 0) is 0 Å². The zero-order chi connectivity index (χ0) is 22.4. The summed E-state index contributed by atoms with van der Waals surface area (Å²) in [5, 5.41) is 22.0. The summed E-state index contributed by atoms with van der Waals surface area (Å²) in [5.41, 5.74) is 0. The van der Waals surface area contributed by atoms with Crippen LogP contribution in [0.25, 0.3) is 0 Å². The van der Waals surface area contributed by atoms with Crippen LogP contribution in [0.1, 0.15) is 0 Å². The van der Waals surface area contributed by atoms with Crippen molar-refractivity contribution in [3.63, 3.8) is 0 Å². The number of thioether (sulfide) groups is 10. The molecule has 0 amide bonds. The summed E-state index contributed by atoms with van der Waals surface area (Å²) in [6.07, 6.45) is -0.335. The fraction of sp³-hybridized carbons (Fsp3) is 1.00. The van der Waals surface area contributed by atoms with Crippen LogP contribution >= 0.6 is 118 Å². The summed E-state index contributed by atoms with van der Waals surface area (Å²) < 4.78 is 1.50. The second kappa shape index (κ2) is 18.6. The summed E-state index contributed by atoms with van der Waals surface area (Å²) >= 11 is 20.3. The van der Waals surface area contributed by atoms with Gasteiger partial charge in [-0.15, -0.1) is 47.0 Å². The molecule has 0 saturated carbocycles. The number of hydrogen-bond donors (Lipinski definition) is 2. The minimum absolute atomic E-state index is 0.167. The second-order valence-electron chi connectivity index (χ2n) is 7.72. The first-order valence-corrected chi connectivity index (χ1v) is 22.0. The van der Waals surface area contributed by atoms with E-state index in [4.69, 9.17) is 0 Å². The highest BCUT2D eigenvalue weighted by Crippen LogP contribution is 2.36. The molecule has 2 nitrogen and oxygen atoms in total. The van der Waals surface area contributed by atoms with Crippen molar-refractivity contribution in [3.05, 3.63) is 0 Å². The fourth-order valence-electron chi connectivity index (χ4n) is 3.23. The maximum absolute atomic E-state index is 10.3. The van der Waals surface area contributed by atoms with E-state index in [1.54, 1.807) is 0 Å². The SMILES string of the molecule is OC(CSCC1CSCC(CSCC(O)CSCC2SCCS2)S1)CSCC1SCCS1. The number of aliphatic hydroxyl groups is 2. The fourth-order valence-corrected chi connectivity index (χ4v) is 18.1. The Morgan fingerprint density at radius 1 is 0.594 bits per heavy atom. The van der Waals surface area contributed by atoms with Gasteiger partial charge in [0.1, 0.15) is 0 Å². The van der Waals surface area contributed by atoms with Crippen LogP contribution in [-0.2, 0) is 0 Å². The molecule has 188 valence electrons. The van der Waals surface area contributed by atoms with Gasteiger partial charge in [0, 0.05) is 91.0 Å². The molecular weight excluding hydrogens is 593 g/mol. The van der Waals surface area contributed by atoms with E-state index in [-0.39, 0.29) is 12.2 Å². The molecule has 0 aromatic heterocycles. The van der Waals surface area contributed by atoms with Gasteiger partial charge in [0.05, 0.1) is 21.4 Å². The quantitative estimate of drug-likeness (QED) is 0.228. The maximum atomic E-state index is 10.3. The van der Waals surface area contributed by atoms with Crippen LogP contribution in [0.2, 0.25) is 0 Å². The van der Waals surface area contributed by atoms with E-state index in [1.807, 2.05) is 47.0 Å². The average Bonchev–Trinajstić information content (AvgIpc) is 3.49. The van der Waals surface area contributed by atoms with Gasteiger partial charge < -0.3 is 10.2 Å². The van der Waals surface area contributed by atoms with Crippen LogP contribution in [0.3, 0.4) is 0 Å². The van der Waals surface area contributed by atoms with Gasteiger partial charge in [-0.25, -0.2) is 0 Å². The van der Waals surface area contributed by atoms with Crippen molar-refractivity contribution < 1.29 is 10.2 Å². The minimum atomic E-state index is -0.167. The van der Waals surface area contributed by atoms with Crippen LogP contribution in [0, 0.1) is 0 Å². The molecular formula is C20H36O2S10. The molecule has 2 N–H and O–H groups in total. The third kappa shape index (κ3) is 13.3. The highest BCUT2D eigenvalue weighted by atomic mass is 32.2. The Morgan fingerprint density at radius 3 is 1.38 bits per heavy atom. The zero-order valence-electron chi connectivity index (χ0n) is 18.3. The predicted molar refractivity (Wildman–Crippen MR) is 171 cm³/mol. The largest absolute Gasteiger partial charge is 0.391 e. The van der Waals surface area contributed by atoms with E-state index in [0.29, 0.717) is 10.5 Å². The average molecular weight is 629 g/mol. The molecule has 3 fully saturated rings. The molecule has 32 heavy (non-hydrogen) atoms. The van der Waals surface area contributed by atoms with Gasteiger partial charge in [0.2, 0.25) is 0 Å². The van der Waals surface area contributed by atoms with Gasteiger partial charge in [-0.2, -0.15) is 70.6 Å². The van der Waals surface area contributed by atoms with E-state index < -0.39 is 0 Å². The number of rotatable bonds is 16. The molecule has 0 spiro atoms. The zero-order valence-corrected chi connectivity index (χ0v) is 26.5. The molecule has 3 aliphatic heterocycles. The molecule has 3 saturated heterocycles. The Morgan fingerprint density at radius 2 is 0.969 bits per heavy atom. The Labute approximate surface area is 237 Å². The normalized spacial score (nSPS) is 27.2. The molecule has 0 aromatic carbocycles. The van der Waals surface area contributed by atoms with E-state index in [1.165, 1.54) is 46.0 Å². The highest BCUT2D eigenvalue weighted by Gasteiger charge is 2.24. The standard InChI is InChI=1S/C20H36O2S10/c21-15(7-25-13-19-28-1-2-29-19)5-23-9-17-11-27-12-18(32-17)10-24-6-16(22)8-26-14-20-30-3-4-31-20/h15-22H,1-14H2. The van der Waals surface area contributed by atoms with Gasteiger partial charge in [0.25, 0.3) is 0 Å².